The zero-order chi connectivity index (χ0) is 18.7. The van der Waals surface area contributed by atoms with Crippen molar-refractivity contribution in [2.24, 2.45) is 17.2 Å². The number of nitrogens with two attached hydrogens (primary N) is 3. The Balaban J connectivity index is 1.97. The van der Waals surface area contributed by atoms with Crippen molar-refractivity contribution >= 4 is 11.3 Å². The second kappa shape index (κ2) is 7.53. The van der Waals surface area contributed by atoms with Gasteiger partial charge >= 0.3 is 0 Å². The zero-order valence-corrected chi connectivity index (χ0v) is 14.9. The van der Waals surface area contributed by atoms with Crippen molar-refractivity contribution in [1.29, 1.82) is 0 Å². The average Bonchev–Trinajstić information content (AvgIpc) is 3.02. The van der Waals surface area contributed by atoms with Crippen LogP contribution < -0.4 is 22.5 Å². The minimum Gasteiger partial charge on any atom is -0.507 e. The Hall–Kier alpha value is -2.93. The third-order valence-electron chi connectivity index (χ3n) is 4.72. The Bertz CT molecular complexity index is 841. The number of piperidine rings is 1. The fourth-order valence-electron chi connectivity index (χ4n) is 3.27. The van der Waals surface area contributed by atoms with Gasteiger partial charge in [-0.2, -0.15) is 5.10 Å². The topological polar surface area (TPSA) is 128 Å². The van der Waals surface area contributed by atoms with Crippen molar-refractivity contribution in [2.45, 2.75) is 25.8 Å². The molecule has 0 atom stereocenters. The molecule has 1 aliphatic rings. The van der Waals surface area contributed by atoms with Crippen LogP contribution in [0.5, 0.6) is 5.75 Å². The van der Waals surface area contributed by atoms with Crippen molar-refractivity contribution in [2.75, 3.05) is 13.1 Å². The summed E-state index contributed by atoms with van der Waals surface area (Å²) < 4.78 is 2.00. The number of aryl methyl sites for hydroxylation is 1. The van der Waals surface area contributed by atoms with Crippen LogP contribution in [-0.2, 0) is 0 Å². The van der Waals surface area contributed by atoms with E-state index in [2.05, 4.69) is 10.4 Å². The van der Waals surface area contributed by atoms with Crippen molar-refractivity contribution in [3.8, 4) is 5.75 Å². The van der Waals surface area contributed by atoms with E-state index in [-0.39, 0.29) is 11.6 Å². The van der Waals surface area contributed by atoms with Gasteiger partial charge in [-0.1, -0.05) is 12.1 Å². The minimum absolute atomic E-state index is 0.110. The maximum atomic E-state index is 10.0. The molecule has 2 heterocycles. The lowest BCUT2D eigenvalue weighted by Crippen LogP contribution is -2.29. The van der Waals surface area contributed by atoms with Gasteiger partial charge in [-0.25, -0.2) is 0 Å². The van der Waals surface area contributed by atoms with Crippen LogP contribution in [0.1, 0.15) is 35.7 Å². The number of phenols is 1. The van der Waals surface area contributed by atoms with Crippen LogP contribution in [0.3, 0.4) is 0 Å². The Morgan fingerprint density at radius 3 is 2.54 bits per heavy atom. The van der Waals surface area contributed by atoms with Gasteiger partial charge in [0, 0.05) is 28.6 Å². The molecule has 0 saturated carbocycles. The van der Waals surface area contributed by atoms with Crippen molar-refractivity contribution in [3.05, 3.63) is 59.2 Å². The van der Waals surface area contributed by atoms with Gasteiger partial charge in [0.2, 0.25) is 0 Å². The van der Waals surface area contributed by atoms with E-state index in [4.69, 9.17) is 17.2 Å². The molecule has 1 aromatic carbocycles. The standard InChI is InChI=1S/C19H26N6O/c1-12-16(11-25(24-12)13-6-8-23-9-7-13)15(19(21)22)10-17(20)14-4-2-3-5-18(14)26/h2-5,10-11,13,23,26H,6-9,20-22H2,1H3/b17-10-. The van der Waals surface area contributed by atoms with Gasteiger partial charge in [0.25, 0.3) is 0 Å². The first-order valence-corrected chi connectivity index (χ1v) is 8.75. The molecular weight excluding hydrogens is 328 g/mol. The molecule has 1 saturated heterocycles. The van der Waals surface area contributed by atoms with E-state index in [0.717, 1.165) is 37.2 Å². The summed E-state index contributed by atoms with van der Waals surface area (Å²) in [6, 6.07) is 7.25. The molecule has 2 aromatic rings. The first-order valence-electron chi connectivity index (χ1n) is 8.75. The molecule has 3 rings (SSSR count). The van der Waals surface area contributed by atoms with Crippen LogP contribution in [0.25, 0.3) is 11.3 Å². The molecule has 8 N–H and O–H groups in total. The van der Waals surface area contributed by atoms with Crippen LogP contribution in [-0.4, -0.2) is 28.0 Å². The van der Waals surface area contributed by atoms with E-state index >= 15 is 0 Å². The van der Waals surface area contributed by atoms with Crippen LogP contribution in [0.4, 0.5) is 0 Å². The highest BCUT2D eigenvalue weighted by molar-refractivity contribution is 5.85. The summed E-state index contributed by atoms with van der Waals surface area (Å²) in [7, 11) is 0. The summed E-state index contributed by atoms with van der Waals surface area (Å²) in [5, 5.41) is 18.0. The fourth-order valence-corrected chi connectivity index (χ4v) is 3.27. The summed E-state index contributed by atoms with van der Waals surface area (Å²) in [6.07, 6.45) is 5.75. The number of phenolic OH excluding ortho intramolecular Hbond substituents is 1. The van der Waals surface area contributed by atoms with Crippen LogP contribution in [0.2, 0.25) is 0 Å². The summed E-state index contributed by atoms with van der Waals surface area (Å²) >= 11 is 0. The molecular formula is C19H26N6O. The number of hydrogen-bond acceptors (Lipinski definition) is 6. The Kier molecular flexibility index (Phi) is 5.18. The number of aromatic nitrogens is 2. The predicted molar refractivity (Wildman–Crippen MR) is 104 cm³/mol. The Morgan fingerprint density at radius 1 is 1.19 bits per heavy atom. The van der Waals surface area contributed by atoms with E-state index in [9.17, 15) is 5.11 Å². The molecule has 1 fully saturated rings. The van der Waals surface area contributed by atoms with Gasteiger partial charge in [-0.05, 0) is 51.1 Å². The number of nitrogens with one attached hydrogen (secondary N) is 1. The lowest BCUT2D eigenvalue weighted by Gasteiger charge is -2.22. The summed E-state index contributed by atoms with van der Waals surface area (Å²) in [5.41, 5.74) is 21.3. The van der Waals surface area contributed by atoms with Gasteiger partial charge in [-0.3, -0.25) is 4.68 Å². The van der Waals surface area contributed by atoms with Crippen LogP contribution in [0.15, 0.2) is 42.4 Å². The summed E-state index contributed by atoms with van der Waals surface area (Å²) in [4.78, 5) is 0. The quantitative estimate of drug-likeness (QED) is 0.528. The number of nitrogens with zero attached hydrogens (tertiary/aromatic N) is 2. The normalized spacial score (nSPS) is 15.8. The average molecular weight is 354 g/mol. The van der Waals surface area contributed by atoms with Crippen molar-refractivity contribution in [3.63, 3.8) is 0 Å². The van der Waals surface area contributed by atoms with E-state index in [1.807, 2.05) is 23.9 Å². The first kappa shape index (κ1) is 17.9. The lowest BCUT2D eigenvalue weighted by molar-refractivity contribution is 0.342. The molecule has 0 spiro atoms. The minimum atomic E-state index is 0.110. The third-order valence-corrected chi connectivity index (χ3v) is 4.72. The summed E-state index contributed by atoms with van der Waals surface area (Å²) in [6.45, 7) is 3.90. The van der Waals surface area contributed by atoms with E-state index < -0.39 is 0 Å². The highest BCUT2D eigenvalue weighted by Gasteiger charge is 2.19. The highest BCUT2D eigenvalue weighted by Crippen LogP contribution is 2.28. The number of hydrogen-bond donors (Lipinski definition) is 5. The smallest absolute Gasteiger partial charge is 0.124 e. The molecule has 0 bridgehead atoms. The molecule has 1 aliphatic heterocycles. The maximum absolute atomic E-state index is 10.0. The molecule has 0 radical (unpaired) electrons. The Labute approximate surface area is 153 Å². The fraction of sp³-hybridized carbons (Fsp3) is 0.316. The summed E-state index contributed by atoms with van der Waals surface area (Å²) in [5.74, 6) is 0.273. The molecule has 0 amide bonds. The Morgan fingerprint density at radius 2 is 1.88 bits per heavy atom. The SMILES string of the molecule is Cc1nn(C2CCNCC2)cc1C(/C=C(\N)c1ccccc1O)=C(N)N. The van der Waals surface area contributed by atoms with E-state index in [0.29, 0.717) is 22.9 Å². The molecule has 7 nitrogen and oxygen atoms in total. The number of aromatic hydroxyl groups is 1. The van der Waals surface area contributed by atoms with Crippen molar-refractivity contribution in [1.82, 2.24) is 15.1 Å². The largest absolute Gasteiger partial charge is 0.507 e. The van der Waals surface area contributed by atoms with Gasteiger partial charge < -0.3 is 27.6 Å². The molecule has 138 valence electrons. The van der Waals surface area contributed by atoms with E-state index in [1.54, 1.807) is 24.3 Å². The molecule has 1 aromatic heterocycles. The van der Waals surface area contributed by atoms with Gasteiger partial charge in [0.15, 0.2) is 0 Å². The second-order valence-electron chi connectivity index (χ2n) is 6.58. The van der Waals surface area contributed by atoms with Gasteiger partial charge in [0.1, 0.15) is 11.6 Å². The van der Waals surface area contributed by atoms with Crippen LogP contribution in [0, 0.1) is 6.92 Å². The molecule has 26 heavy (non-hydrogen) atoms. The maximum Gasteiger partial charge on any atom is 0.124 e. The highest BCUT2D eigenvalue weighted by atomic mass is 16.3. The van der Waals surface area contributed by atoms with E-state index in [1.165, 1.54) is 0 Å². The number of rotatable bonds is 4. The predicted octanol–water partition coefficient (Wildman–Crippen LogP) is 1.41. The monoisotopic (exact) mass is 354 g/mol. The zero-order valence-electron chi connectivity index (χ0n) is 14.9. The lowest BCUT2D eigenvalue weighted by atomic mass is 10.0. The molecule has 0 aliphatic carbocycles. The number of para-hydroxylation sites is 1. The van der Waals surface area contributed by atoms with Crippen LogP contribution >= 0.6 is 0 Å². The molecule has 0 unspecified atom stereocenters. The van der Waals surface area contributed by atoms with Crippen molar-refractivity contribution < 1.29 is 5.11 Å². The second-order valence-corrected chi connectivity index (χ2v) is 6.58. The number of allylic oxidation sites excluding steroid dienone is 2. The van der Waals surface area contributed by atoms with Gasteiger partial charge in [0.05, 0.1) is 11.7 Å². The molecule has 7 heteroatoms. The van der Waals surface area contributed by atoms with Gasteiger partial charge in [-0.15, -0.1) is 0 Å². The third kappa shape index (κ3) is 3.67. The number of benzene rings is 1. The first-order chi connectivity index (χ1) is 12.5.